The number of benzene rings is 1. The predicted octanol–water partition coefficient (Wildman–Crippen LogP) is 2.88. The Labute approximate surface area is 86.3 Å². The van der Waals surface area contributed by atoms with E-state index >= 15 is 0 Å². The second-order valence-electron chi connectivity index (χ2n) is 2.95. The summed E-state index contributed by atoms with van der Waals surface area (Å²) in [4.78, 5) is 10.1. The Kier molecular flexibility index (Phi) is 2.89. The maximum Gasteiger partial charge on any atom is 0.416 e. The minimum absolute atomic E-state index is 0.409. The van der Waals surface area contributed by atoms with Crippen LogP contribution in [-0.2, 0) is 16.9 Å². The van der Waals surface area contributed by atoms with Crippen LogP contribution in [0.1, 0.15) is 11.1 Å². The number of carboxylic acids is 1. The first-order valence-electron chi connectivity index (χ1n) is 3.94. The second kappa shape index (κ2) is 3.73. The second-order valence-corrected chi connectivity index (χ2v) is 2.95. The highest BCUT2D eigenvalue weighted by Crippen LogP contribution is 2.33. The molecule has 0 heterocycles. The van der Waals surface area contributed by atoms with Gasteiger partial charge in [0, 0.05) is 5.56 Å². The van der Waals surface area contributed by atoms with E-state index < -0.39 is 29.2 Å². The molecular weight excluding hydrogens is 235 g/mol. The van der Waals surface area contributed by atoms with Gasteiger partial charge >= 0.3 is 18.1 Å². The van der Waals surface area contributed by atoms with Crippen LogP contribution >= 0.6 is 0 Å². The van der Waals surface area contributed by atoms with Crippen molar-refractivity contribution >= 4 is 5.97 Å². The van der Waals surface area contributed by atoms with Gasteiger partial charge in [-0.15, -0.1) is 0 Å². The first kappa shape index (κ1) is 12.4. The molecule has 1 rings (SSSR count). The molecule has 0 radical (unpaired) electrons. The summed E-state index contributed by atoms with van der Waals surface area (Å²) in [6, 6.07) is 1.70. The van der Waals surface area contributed by atoms with Crippen LogP contribution in [0.4, 0.5) is 22.0 Å². The molecule has 2 nitrogen and oxygen atoms in total. The number of alkyl halides is 5. The van der Waals surface area contributed by atoms with Crippen molar-refractivity contribution in [1.29, 1.82) is 0 Å². The van der Waals surface area contributed by atoms with Gasteiger partial charge in [0.15, 0.2) is 0 Å². The van der Waals surface area contributed by atoms with E-state index in [9.17, 15) is 26.7 Å². The van der Waals surface area contributed by atoms with Crippen LogP contribution in [0.2, 0.25) is 0 Å². The van der Waals surface area contributed by atoms with Crippen LogP contribution in [0.15, 0.2) is 24.3 Å². The Balaban J connectivity index is 3.09. The number of carbonyl (C=O) groups is 1. The van der Waals surface area contributed by atoms with E-state index in [2.05, 4.69) is 0 Å². The van der Waals surface area contributed by atoms with Gasteiger partial charge in [-0.05, 0) is 12.1 Å². The van der Waals surface area contributed by atoms with Crippen molar-refractivity contribution in [3.8, 4) is 0 Å². The Morgan fingerprint density at radius 2 is 1.31 bits per heavy atom. The Morgan fingerprint density at radius 3 is 1.62 bits per heavy atom. The molecule has 0 saturated carbocycles. The van der Waals surface area contributed by atoms with Gasteiger partial charge in [0.2, 0.25) is 0 Å². The quantitative estimate of drug-likeness (QED) is 0.807. The average Bonchev–Trinajstić information content (AvgIpc) is 2.16. The fourth-order valence-corrected chi connectivity index (χ4v) is 0.992. The van der Waals surface area contributed by atoms with Crippen LogP contribution in [0.25, 0.3) is 0 Å². The summed E-state index contributed by atoms with van der Waals surface area (Å²) in [5, 5.41) is 8.15. The van der Waals surface area contributed by atoms with Crippen LogP contribution in [0.3, 0.4) is 0 Å². The van der Waals surface area contributed by atoms with Crippen molar-refractivity contribution in [2.24, 2.45) is 0 Å². The van der Waals surface area contributed by atoms with Gasteiger partial charge in [0.25, 0.3) is 0 Å². The molecule has 0 spiro atoms. The highest BCUT2D eigenvalue weighted by atomic mass is 19.4. The van der Waals surface area contributed by atoms with Crippen molar-refractivity contribution in [1.82, 2.24) is 0 Å². The minimum Gasteiger partial charge on any atom is -0.477 e. The fourth-order valence-electron chi connectivity index (χ4n) is 0.992. The van der Waals surface area contributed by atoms with Gasteiger partial charge < -0.3 is 5.11 Å². The molecule has 0 bridgehead atoms. The predicted molar refractivity (Wildman–Crippen MR) is 43.0 cm³/mol. The Morgan fingerprint density at radius 1 is 0.938 bits per heavy atom. The number of aliphatic carboxylic acids is 1. The van der Waals surface area contributed by atoms with Gasteiger partial charge in [0.1, 0.15) is 0 Å². The standard InChI is InChI=1S/C9H5F5O2/c10-8(11,7(15)16)5-1-3-6(4-2-5)9(12,13)14/h1-4H,(H,15,16). The van der Waals surface area contributed by atoms with E-state index in [0.29, 0.717) is 24.3 Å². The van der Waals surface area contributed by atoms with Crippen LogP contribution in [0, 0.1) is 0 Å². The molecule has 1 N–H and O–H groups in total. The smallest absolute Gasteiger partial charge is 0.416 e. The van der Waals surface area contributed by atoms with Gasteiger partial charge in [-0.2, -0.15) is 22.0 Å². The van der Waals surface area contributed by atoms with E-state index in [4.69, 9.17) is 5.11 Å². The zero-order chi connectivity index (χ0) is 12.6. The van der Waals surface area contributed by atoms with E-state index in [0.717, 1.165) is 0 Å². The molecule has 0 aliphatic carbocycles. The first-order chi connectivity index (χ1) is 7.15. The summed E-state index contributed by atoms with van der Waals surface area (Å²) in [5.41, 5.74) is -2.11. The lowest BCUT2D eigenvalue weighted by Crippen LogP contribution is -2.25. The van der Waals surface area contributed by atoms with Gasteiger partial charge in [0.05, 0.1) is 5.56 Å². The molecule has 0 saturated heterocycles. The van der Waals surface area contributed by atoms with Crippen LogP contribution in [-0.4, -0.2) is 11.1 Å². The average molecular weight is 240 g/mol. The maximum atomic E-state index is 12.8. The first-order valence-corrected chi connectivity index (χ1v) is 3.94. The van der Waals surface area contributed by atoms with Crippen molar-refractivity contribution in [2.45, 2.75) is 12.1 Å². The molecule has 0 aromatic heterocycles. The lowest BCUT2D eigenvalue weighted by Gasteiger charge is -2.12. The largest absolute Gasteiger partial charge is 0.477 e. The molecule has 1 aromatic carbocycles. The van der Waals surface area contributed by atoms with Crippen LogP contribution in [0.5, 0.6) is 0 Å². The van der Waals surface area contributed by atoms with Gasteiger partial charge in [-0.3, -0.25) is 0 Å². The summed E-state index contributed by atoms with van der Waals surface area (Å²) in [5.74, 6) is -6.60. The highest BCUT2D eigenvalue weighted by molar-refractivity contribution is 5.77. The normalized spacial score (nSPS) is 12.6. The maximum absolute atomic E-state index is 12.8. The van der Waals surface area contributed by atoms with E-state index in [1.165, 1.54) is 0 Å². The molecule has 0 aliphatic rings. The summed E-state index contributed by atoms with van der Waals surface area (Å²) in [7, 11) is 0. The summed E-state index contributed by atoms with van der Waals surface area (Å²) < 4.78 is 61.9. The molecule has 0 fully saturated rings. The Bertz CT molecular complexity index is 393. The summed E-state index contributed by atoms with van der Waals surface area (Å²) >= 11 is 0. The molecule has 0 unspecified atom stereocenters. The number of halogens is 5. The van der Waals surface area contributed by atoms with Crippen molar-refractivity contribution in [3.63, 3.8) is 0 Å². The molecular formula is C9H5F5O2. The molecule has 7 heteroatoms. The van der Waals surface area contributed by atoms with E-state index in [1.807, 2.05) is 0 Å². The third kappa shape index (κ3) is 2.29. The van der Waals surface area contributed by atoms with Crippen molar-refractivity contribution < 1.29 is 31.9 Å². The molecule has 0 amide bonds. The monoisotopic (exact) mass is 240 g/mol. The zero-order valence-electron chi connectivity index (χ0n) is 7.55. The highest BCUT2D eigenvalue weighted by Gasteiger charge is 2.41. The third-order valence-corrected chi connectivity index (χ3v) is 1.84. The van der Waals surface area contributed by atoms with E-state index in [1.54, 1.807) is 0 Å². The third-order valence-electron chi connectivity index (χ3n) is 1.84. The molecule has 88 valence electrons. The van der Waals surface area contributed by atoms with Gasteiger partial charge in [-0.1, -0.05) is 12.1 Å². The summed E-state index contributed by atoms with van der Waals surface area (Å²) in [6.07, 6.45) is -4.64. The van der Waals surface area contributed by atoms with Crippen LogP contribution < -0.4 is 0 Å². The summed E-state index contributed by atoms with van der Waals surface area (Å²) in [6.45, 7) is 0. The SMILES string of the molecule is O=C(O)C(F)(F)c1ccc(C(F)(F)F)cc1. The van der Waals surface area contributed by atoms with Crippen molar-refractivity contribution in [2.75, 3.05) is 0 Å². The molecule has 16 heavy (non-hydrogen) atoms. The van der Waals surface area contributed by atoms with Gasteiger partial charge in [-0.25, -0.2) is 4.79 Å². The molecule has 0 atom stereocenters. The van der Waals surface area contributed by atoms with E-state index in [-0.39, 0.29) is 0 Å². The lowest BCUT2D eigenvalue weighted by atomic mass is 10.1. The molecule has 0 aliphatic heterocycles. The zero-order valence-corrected chi connectivity index (χ0v) is 7.55. The number of hydrogen-bond donors (Lipinski definition) is 1. The fraction of sp³-hybridized carbons (Fsp3) is 0.222. The topological polar surface area (TPSA) is 37.3 Å². The van der Waals surface area contributed by atoms with Crippen molar-refractivity contribution in [3.05, 3.63) is 35.4 Å². The Hall–Kier alpha value is -1.66. The number of carboxylic acid groups (broad SMARTS) is 1. The minimum atomic E-state index is -4.64. The number of hydrogen-bond acceptors (Lipinski definition) is 1. The number of rotatable bonds is 2. The lowest BCUT2D eigenvalue weighted by molar-refractivity contribution is -0.166. The molecule has 1 aromatic rings.